The van der Waals surface area contributed by atoms with Crippen LogP contribution in [-0.2, 0) is 16.1 Å². The summed E-state index contributed by atoms with van der Waals surface area (Å²) in [5.41, 5.74) is 1.99. The van der Waals surface area contributed by atoms with Crippen molar-refractivity contribution in [3.05, 3.63) is 56.9 Å². The van der Waals surface area contributed by atoms with Crippen LogP contribution in [0, 0.1) is 24.0 Å². The molecular weight excluding hydrogens is 376 g/mol. The molecular formula is C20H26N4O5. The summed E-state index contributed by atoms with van der Waals surface area (Å²) in [6.45, 7) is 7.19. The highest BCUT2D eigenvalue weighted by Gasteiger charge is 2.21. The Morgan fingerprint density at radius 1 is 1.28 bits per heavy atom. The molecule has 29 heavy (non-hydrogen) atoms. The van der Waals surface area contributed by atoms with Crippen LogP contribution in [-0.4, -0.2) is 39.2 Å². The molecule has 9 nitrogen and oxygen atoms in total. The summed E-state index contributed by atoms with van der Waals surface area (Å²) in [7, 11) is 0. The third-order valence-electron chi connectivity index (χ3n) is 4.51. The SMILES string of the molecule is CCC[C@H](C)NC(=O)COC(=O)c1ccc(Cn2nc(C)c([N+](=O)[O-])c2C)cc1. The highest BCUT2D eigenvalue weighted by molar-refractivity contribution is 5.91. The first kappa shape index (κ1) is 22.1. The number of nitro groups is 1. The second-order valence-electron chi connectivity index (χ2n) is 6.96. The van der Waals surface area contributed by atoms with Gasteiger partial charge in [-0.15, -0.1) is 0 Å². The average Bonchev–Trinajstić information content (AvgIpc) is 2.93. The number of aryl methyl sites for hydroxylation is 1. The van der Waals surface area contributed by atoms with E-state index in [0.29, 0.717) is 23.5 Å². The highest BCUT2D eigenvalue weighted by atomic mass is 16.6. The summed E-state index contributed by atoms with van der Waals surface area (Å²) in [5, 5.41) is 18.1. The fraction of sp³-hybridized carbons (Fsp3) is 0.450. The van der Waals surface area contributed by atoms with E-state index in [1.807, 2.05) is 13.8 Å². The van der Waals surface area contributed by atoms with Crippen molar-refractivity contribution in [3.8, 4) is 0 Å². The lowest BCUT2D eigenvalue weighted by Gasteiger charge is -2.12. The Morgan fingerprint density at radius 3 is 2.48 bits per heavy atom. The maximum absolute atomic E-state index is 12.1. The van der Waals surface area contributed by atoms with Gasteiger partial charge in [-0.1, -0.05) is 25.5 Å². The van der Waals surface area contributed by atoms with Crippen LogP contribution in [0.25, 0.3) is 0 Å². The molecule has 1 N–H and O–H groups in total. The van der Waals surface area contributed by atoms with E-state index in [4.69, 9.17) is 4.74 Å². The first-order valence-electron chi connectivity index (χ1n) is 9.46. The van der Waals surface area contributed by atoms with Gasteiger partial charge in [-0.2, -0.15) is 5.10 Å². The van der Waals surface area contributed by atoms with Crippen LogP contribution in [0.5, 0.6) is 0 Å². The minimum atomic E-state index is -0.586. The molecule has 0 saturated carbocycles. The van der Waals surface area contributed by atoms with E-state index in [0.717, 1.165) is 18.4 Å². The number of hydrogen-bond acceptors (Lipinski definition) is 6. The van der Waals surface area contributed by atoms with Crippen molar-refractivity contribution in [2.24, 2.45) is 0 Å². The van der Waals surface area contributed by atoms with E-state index in [1.54, 1.807) is 42.8 Å². The molecule has 9 heteroatoms. The number of hydrogen-bond donors (Lipinski definition) is 1. The van der Waals surface area contributed by atoms with Crippen LogP contribution < -0.4 is 5.32 Å². The first-order valence-corrected chi connectivity index (χ1v) is 9.46. The van der Waals surface area contributed by atoms with Crippen LogP contribution in [0.1, 0.15) is 54.0 Å². The predicted octanol–water partition coefficient (Wildman–Crippen LogP) is 2.92. The van der Waals surface area contributed by atoms with Crippen LogP contribution in [0.2, 0.25) is 0 Å². The number of ether oxygens (including phenoxy) is 1. The molecule has 156 valence electrons. The van der Waals surface area contributed by atoms with Crippen molar-refractivity contribution in [2.45, 2.75) is 53.1 Å². The third-order valence-corrected chi connectivity index (χ3v) is 4.51. The van der Waals surface area contributed by atoms with E-state index in [-0.39, 0.29) is 24.2 Å². The molecule has 0 fully saturated rings. The maximum atomic E-state index is 12.1. The molecule has 0 aliphatic carbocycles. The lowest BCUT2D eigenvalue weighted by atomic mass is 10.1. The van der Waals surface area contributed by atoms with Gasteiger partial charge in [0.2, 0.25) is 0 Å². The first-order chi connectivity index (χ1) is 13.7. The number of rotatable bonds is 9. The average molecular weight is 402 g/mol. The smallest absolute Gasteiger partial charge is 0.338 e. The van der Waals surface area contributed by atoms with Gasteiger partial charge in [0.05, 0.1) is 17.0 Å². The molecule has 2 aromatic rings. The van der Waals surface area contributed by atoms with Gasteiger partial charge in [-0.05, 0) is 44.9 Å². The van der Waals surface area contributed by atoms with E-state index >= 15 is 0 Å². The summed E-state index contributed by atoms with van der Waals surface area (Å²) < 4.78 is 6.61. The third kappa shape index (κ3) is 5.87. The number of benzene rings is 1. The maximum Gasteiger partial charge on any atom is 0.338 e. The topological polar surface area (TPSA) is 116 Å². The summed E-state index contributed by atoms with van der Waals surface area (Å²) in [6, 6.07) is 6.67. The molecule has 0 saturated heterocycles. The van der Waals surface area contributed by atoms with Crippen molar-refractivity contribution in [3.63, 3.8) is 0 Å². The molecule has 1 heterocycles. The van der Waals surface area contributed by atoms with E-state index in [1.165, 1.54) is 0 Å². The second-order valence-corrected chi connectivity index (χ2v) is 6.96. The summed E-state index contributed by atoms with van der Waals surface area (Å²) in [4.78, 5) is 34.6. The Balaban J connectivity index is 1.95. The van der Waals surface area contributed by atoms with E-state index in [2.05, 4.69) is 10.4 Å². The van der Waals surface area contributed by atoms with E-state index < -0.39 is 10.9 Å². The van der Waals surface area contributed by atoms with Gasteiger partial charge in [0.25, 0.3) is 5.91 Å². The number of amides is 1. The van der Waals surface area contributed by atoms with Gasteiger partial charge in [-0.25, -0.2) is 4.79 Å². The van der Waals surface area contributed by atoms with Gasteiger partial charge in [0.15, 0.2) is 6.61 Å². The van der Waals surface area contributed by atoms with Crippen LogP contribution >= 0.6 is 0 Å². The van der Waals surface area contributed by atoms with Crippen molar-refractivity contribution in [2.75, 3.05) is 6.61 Å². The Labute approximate surface area is 169 Å². The minimum absolute atomic E-state index is 0.0109. The van der Waals surface area contributed by atoms with Crippen LogP contribution in [0.15, 0.2) is 24.3 Å². The van der Waals surface area contributed by atoms with Crippen molar-refractivity contribution in [1.82, 2.24) is 15.1 Å². The van der Waals surface area contributed by atoms with Crippen LogP contribution in [0.4, 0.5) is 5.69 Å². The number of nitrogens with zero attached hydrogens (tertiary/aromatic N) is 3. The molecule has 0 aliphatic rings. The predicted molar refractivity (Wildman–Crippen MR) is 107 cm³/mol. The lowest BCUT2D eigenvalue weighted by Crippen LogP contribution is -2.35. The quantitative estimate of drug-likeness (QED) is 0.392. The summed E-state index contributed by atoms with van der Waals surface area (Å²) >= 11 is 0. The lowest BCUT2D eigenvalue weighted by molar-refractivity contribution is -0.386. The normalized spacial score (nSPS) is 11.7. The molecule has 0 unspecified atom stereocenters. The van der Waals surface area contributed by atoms with Crippen molar-refractivity contribution < 1.29 is 19.2 Å². The zero-order valence-corrected chi connectivity index (χ0v) is 17.1. The number of carbonyl (C=O) groups excluding carboxylic acids is 2. The molecule has 0 radical (unpaired) electrons. The molecule has 1 aromatic heterocycles. The zero-order chi connectivity index (χ0) is 21.6. The van der Waals surface area contributed by atoms with Crippen LogP contribution in [0.3, 0.4) is 0 Å². The number of aromatic nitrogens is 2. The Bertz CT molecular complexity index is 889. The Morgan fingerprint density at radius 2 is 1.93 bits per heavy atom. The van der Waals surface area contributed by atoms with Crippen molar-refractivity contribution in [1.29, 1.82) is 0 Å². The summed E-state index contributed by atoms with van der Waals surface area (Å²) in [5.74, 6) is -0.918. The monoisotopic (exact) mass is 402 g/mol. The zero-order valence-electron chi connectivity index (χ0n) is 17.1. The van der Waals surface area contributed by atoms with Gasteiger partial charge in [0, 0.05) is 6.04 Å². The molecule has 1 atom stereocenters. The molecule has 1 aromatic carbocycles. The molecule has 0 bridgehead atoms. The van der Waals surface area contributed by atoms with E-state index in [9.17, 15) is 19.7 Å². The Kier molecular flexibility index (Phi) is 7.46. The standard InChI is InChI=1S/C20H26N4O5/c1-5-6-13(2)21-18(25)12-29-20(26)17-9-7-16(8-10-17)11-23-15(4)19(24(27)28)14(3)22-23/h7-10,13H,5-6,11-12H2,1-4H3,(H,21,25)/t13-/m0/s1. The molecule has 0 aliphatic heterocycles. The fourth-order valence-electron chi connectivity index (χ4n) is 3.06. The number of esters is 1. The fourth-order valence-corrected chi connectivity index (χ4v) is 3.06. The minimum Gasteiger partial charge on any atom is -0.452 e. The van der Waals surface area contributed by atoms with Crippen molar-refractivity contribution >= 4 is 17.6 Å². The molecule has 0 spiro atoms. The number of carbonyl (C=O) groups is 2. The van der Waals surface area contributed by atoms with Gasteiger partial charge in [-0.3, -0.25) is 19.6 Å². The Hall–Kier alpha value is -3.23. The second kappa shape index (κ2) is 9.81. The number of nitrogens with one attached hydrogen (secondary N) is 1. The molecule has 2 rings (SSSR count). The van der Waals surface area contributed by atoms with Gasteiger partial charge in [0.1, 0.15) is 11.4 Å². The van der Waals surface area contributed by atoms with Gasteiger partial charge >= 0.3 is 11.7 Å². The van der Waals surface area contributed by atoms with Gasteiger partial charge < -0.3 is 10.1 Å². The molecule has 1 amide bonds. The summed E-state index contributed by atoms with van der Waals surface area (Å²) in [6.07, 6.45) is 1.82. The highest BCUT2D eigenvalue weighted by Crippen LogP contribution is 2.22. The largest absolute Gasteiger partial charge is 0.452 e.